The predicted molar refractivity (Wildman–Crippen MR) is 217 cm³/mol. The summed E-state index contributed by atoms with van der Waals surface area (Å²) < 4.78 is 12.1. The molecule has 1 aliphatic heterocycles. The Morgan fingerprint density at radius 1 is 0.891 bits per heavy atom. The van der Waals surface area contributed by atoms with Crippen molar-refractivity contribution in [2.24, 2.45) is 16.8 Å². The van der Waals surface area contributed by atoms with Crippen LogP contribution in [0.1, 0.15) is 72.8 Å². The van der Waals surface area contributed by atoms with E-state index in [1.54, 1.807) is 32.0 Å². The number of nitrogens with one attached hydrogen (secondary N) is 1. The van der Waals surface area contributed by atoms with Crippen LogP contribution in [0.4, 0.5) is 0 Å². The number of nitrogens with zero attached hydrogens (tertiary/aromatic N) is 1. The zero-order chi connectivity index (χ0) is 38.1. The van der Waals surface area contributed by atoms with E-state index in [0.29, 0.717) is 43.6 Å². The number of aromatic amines is 1. The van der Waals surface area contributed by atoms with Crippen molar-refractivity contribution >= 4 is 22.8 Å². The van der Waals surface area contributed by atoms with Crippen LogP contribution in [-0.2, 0) is 30.5 Å². The van der Waals surface area contributed by atoms with Gasteiger partial charge in [0, 0.05) is 43.1 Å². The average Bonchev–Trinajstić information content (AvgIpc) is 3.92. The summed E-state index contributed by atoms with van der Waals surface area (Å²) in [6, 6.07) is 25.4. The number of hydrogen-bond donors (Lipinski definition) is 4. The van der Waals surface area contributed by atoms with Gasteiger partial charge in [-0.1, -0.05) is 61.0 Å². The minimum absolute atomic E-state index is 0.0225. The monoisotopic (exact) mass is 739 g/mol. The summed E-state index contributed by atoms with van der Waals surface area (Å²) in [4.78, 5) is 21.7. The Bertz CT molecular complexity index is 2130. The van der Waals surface area contributed by atoms with Gasteiger partial charge in [0.25, 0.3) is 0 Å². The van der Waals surface area contributed by atoms with Crippen molar-refractivity contribution in [2.45, 2.75) is 82.8 Å². The number of aliphatic imine (C=N–C) groups is 1. The number of aliphatic hydroxyl groups is 1. The van der Waals surface area contributed by atoms with Crippen molar-refractivity contribution in [3.05, 3.63) is 137 Å². The van der Waals surface area contributed by atoms with Crippen molar-refractivity contribution in [3.8, 4) is 23.0 Å². The van der Waals surface area contributed by atoms with Crippen LogP contribution in [0.5, 0.6) is 23.0 Å². The number of carbonyl (C=O) groups excluding carboxylic acids is 1. The quantitative estimate of drug-likeness (QED) is 0.0706. The number of fused-ring (bicyclic) bond motifs is 1. The Kier molecular flexibility index (Phi) is 12.2. The molecule has 3 atom stereocenters. The van der Waals surface area contributed by atoms with Gasteiger partial charge in [0.05, 0.1) is 25.4 Å². The number of aromatic hydroxyl groups is 2. The summed E-state index contributed by atoms with van der Waals surface area (Å²) in [6.45, 7) is 1.73. The van der Waals surface area contributed by atoms with Crippen LogP contribution < -0.4 is 9.47 Å². The highest BCUT2D eigenvalue weighted by Crippen LogP contribution is 2.38. The van der Waals surface area contributed by atoms with E-state index in [1.807, 2.05) is 60.9 Å². The molecule has 0 bridgehead atoms. The number of hydrogen-bond acceptors (Lipinski definition) is 7. The number of aromatic nitrogens is 1. The van der Waals surface area contributed by atoms with E-state index in [0.717, 1.165) is 69.8 Å². The average molecular weight is 740 g/mol. The Morgan fingerprint density at radius 2 is 1.71 bits per heavy atom. The van der Waals surface area contributed by atoms with Crippen LogP contribution in [0.15, 0.2) is 108 Å². The fraction of sp³-hybridized carbons (Fsp3) is 0.340. The Morgan fingerprint density at radius 3 is 2.49 bits per heavy atom. The normalized spacial score (nSPS) is 16.0. The number of H-pyrrole nitrogens is 1. The molecule has 1 aromatic heterocycles. The molecule has 8 heteroatoms. The van der Waals surface area contributed by atoms with Gasteiger partial charge in [-0.15, -0.1) is 4.99 Å². The number of ether oxygens (including phenoxy) is 2. The van der Waals surface area contributed by atoms with Gasteiger partial charge in [-0.2, -0.15) is 0 Å². The number of phenolic OH excluding ortho intramolecular Hbond substituents is 2. The first-order valence-corrected chi connectivity index (χ1v) is 19.6. The highest BCUT2D eigenvalue weighted by molar-refractivity contribution is 5.87. The second-order valence-electron chi connectivity index (χ2n) is 15.1. The van der Waals surface area contributed by atoms with Gasteiger partial charge in [0.2, 0.25) is 0 Å². The Balaban J connectivity index is 1.14. The molecule has 8 nitrogen and oxygen atoms in total. The van der Waals surface area contributed by atoms with Gasteiger partial charge in [-0.3, -0.25) is 4.79 Å². The zero-order valence-electron chi connectivity index (χ0n) is 31.5. The molecule has 5 aromatic rings. The van der Waals surface area contributed by atoms with E-state index in [9.17, 15) is 20.1 Å². The van der Waals surface area contributed by atoms with E-state index < -0.39 is 12.0 Å². The maximum absolute atomic E-state index is 14.4. The van der Waals surface area contributed by atoms with Crippen molar-refractivity contribution in [1.29, 1.82) is 0 Å². The molecule has 0 spiro atoms. The fourth-order valence-corrected chi connectivity index (χ4v) is 8.31. The number of aliphatic hydroxyl groups excluding tert-OH is 1. The van der Waals surface area contributed by atoms with Gasteiger partial charge in [0.1, 0.15) is 17.9 Å². The van der Waals surface area contributed by atoms with Crippen LogP contribution >= 0.6 is 0 Å². The van der Waals surface area contributed by atoms with Crippen LogP contribution in [0.3, 0.4) is 0 Å². The van der Waals surface area contributed by atoms with Gasteiger partial charge >= 0.3 is 0 Å². The molecule has 0 radical (unpaired) electrons. The molecule has 3 unspecified atom stereocenters. The zero-order valence-corrected chi connectivity index (χ0v) is 31.5. The standard InChI is InChI=1S/C47H50N2O6/c1-54-47-41(27-35-10-7-9-34-8-5-6-13-40(34)35)36(15-17-43(47)51)26-38(24-33-19-21-49-30-33)45(53)28-44(52)37(23-32-18-20-48-29-32)22-31-14-16-42(50)46(25-31)55-39-11-3-2-4-12-39/h5-10,13-21,25,29-30,37-39,45,49,53H,2-4,11-12,22-24,26-28H2,1H3,(H-,50,51)/p+1. The lowest BCUT2D eigenvalue weighted by atomic mass is 9.81. The lowest BCUT2D eigenvalue weighted by molar-refractivity contribution is -0.125. The molecule has 1 saturated carbocycles. The highest BCUT2D eigenvalue weighted by atomic mass is 16.5. The maximum atomic E-state index is 14.4. The summed E-state index contributed by atoms with van der Waals surface area (Å²) in [5.74, 6) is 0.272. The summed E-state index contributed by atoms with van der Waals surface area (Å²) in [5.41, 5.74) is 5.80. The third kappa shape index (κ3) is 9.43. The minimum atomic E-state index is -0.946. The van der Waals surface area contributed by atoms with Crippen LogP contribution in [0.25, 0.3) is 10.8 Å². The van der Waals surface area contributed by atoms with Crippen molar-refractivity contribution in [1.82, 2.24) is 4.98 Å². The smallest absolute Gasteiger partial charge is 0.176 e. The second-order valence-corrected chi connectivity index (χ2v) is 15.1. The Hall–Kier alpha value is -5.47. The molecular formula is C47H51N2O6+. The highest BCUT2D eigenvalue weighted by Gasteiger charge is 2.31. The molecule has 1 aliphatic carbocycles. The number of benzene rings is 4. The lowest BCUT2D eigenvalue weighted by Crippen LogP contribution is -2.31. The molecule has 7 rings (SSSR count). The molecule has 1 fully saturated rings. The first kappa shape index (κ1) is 37.8. The molecule has 55 heavy (non-hydrogen) atoms. The van der Waals surface area contributed by atoms with Gasteiger partial charge in [0.15, 0.2) is 29.2 Å². The molecular weight excluding hydrogens is 689 g/mol. The van der Waals surface area contributed by atoms with Crippen LogP contribution in [0.2, 0.25) is 0 Å². The van der Waals surface area contributed by atoms with E-state index in [4.69, 9.17) is 9.47 Å². The maximum Gasteiger partial charge on any atom is 0.176 e. The number of methoxy groups -OCH3 is 1. The third-order valence-electron chi connectivity index (χ3n) is 11.3. The van der Waals surface area contributed by atoms with Gasteiger partial charge < -0.3 is 29.8 Å². The summed E-state index contributed by atoms with van der Waals surface area (Å²) in [7, 11) is 1.57. The van der Waals surface area contributed by atoms with Crippen molar-refractivity contribution < 1.29 is 29.6 Å². The van der Waals surface area contributed by atoms with E-state index in [1.165, 1.54) is 6.42 Å². The molecule has 4 N–H and O–H groups in total. The SMILES string of the molecule is COc1c(O)ccc(CC(Cc2cc[nH]c2)C(O)CC(=O)C(CC2=C[CH+]N=C2)Cc2ccc(O)c(OC3CCCCC3)c2)c1Cc1cccc2ccccc12. The number of ketones is 1. The number of phenols is 2. The number of Topliss-reactive ketones (excluding diaryl/α,β-unsaturated/α-hetero) is 1. The topological polar surface area (TPSA) is 124 Å². The van der Waals surface area contributed by atoms with E-state index in [-0.39, 0.29) is 35.7 Å². The largest absolute Gasteiger partial charge is 0.504 e. The first-order chi connectivity index (χ1) is 26.8. The molecule has 4 aromatic carbocycles. The minimum Gasteiger partial charge on any atom is -0.504 e. The lowest BCUT2D eigenvalue weighted by Gasteiger charge is -2.26. The molecule has 0 amide bonds. The van der Waals surface area contributed by atoms with Gasteiger partial charge in [-0.05, 0) is 108 Å². The summed E-state index contributed by atoms with van der Waals surface area (Å²) in [6.07, 6.45) is 14.5. The molecule has 0 saturated heterocycles. The number of carbonyl (C=O) groups is 1. The van der Waals surface area contributed by atoms with Crippen LogP contribution in [0, 0.1) is 18.4 Å². The molecule has 2 heterocycles. The van der Waals surface area contributed by atoms with E-state index >= 15 is 0 Å². The summed E-state index contributed by atoms with van der Waals surface area (Å²) in [5, 5.41) is 35.9. The predicted octanol–water partition coefficient (Wildman–Crippen LogP) is 9.03. The fourth-order valence-electron chi connectivity index (χ4n) is 8.31. The Labute approximate surface area is 323 Å². The third-order valence-corrected chi connectivity index (χ3v) is 11.3. The van der Waals surface area contributed by atoms with Crippen molar-refractivity contribution in [2.75, 3.05) is 7.11 Å². The molecule has 2 aliphatic rings. The van der Waals surface area contributed by atoms with Crippen LogP contribution in [-0.4, -0.2) is 51.6 Å². The number of allylic oxidation sites excluding steroid dienone is 1. The van der Waals surface area contributed by atoms with Gasteiger partial charge in [-0.25, -0.2) is 0 Å². The number of rotatable bonds is 17. The summed E-state index contributed by atoms with van der Waals surface area (Å²) >= 11 is 0. The second kappa shape index (κ2) is 17.8. The van der Waals surface area contributed by atoms with Crippen molar-refractivity contribution in [3.63, 3.8) is 0 Å². The van der Waals surface area contributed by atoms with E-state index in [2.05, 4.69) is 34.2 Å². The first-order valence-electron chi connectivity index (χ1n) is 19.6. The molecule has 284 valence electrons.